The lowest BCUT2D eigenvalue weighted by Crippen LogP contribution is -2.49. The summed E-state index contributed by atoms with van der Waals surface area (Å²) in [6, 6.07) is 9.82. The van der Waals surface area contributed by atoms with Crippen LogP contribution in [0.1, 0.15) is 23.1 Å². The van der Waals surface area contributed by atoms with E-state index in [9.17, 15) is 14.9 Å². The first-order valence-corrected chi connectivity index (χ1v) is 9.13. The Balaban J connectivity index is 1.53. The zero-order valence-corrected chi connectivity index (χ0v) is 15.7. The highest BCUT2D eigenvalue weighted by Crippen LogP contribution is 2.23. The lowest BCUT2D eigenvalue weighted by atomic mass is 10.1. The van der Waals surface area contributed by atoms with Gasteiger partial charge in [0.1, 0.15) is 12.0 Å². The van der Waals surface area contributed by atoms with Gasteiger partial charge in [-0.05, 0) is 31.4 Å². The lowest BCUT2D eigenvalue weighted by molar-refractivity contribution is -0.385. The van der Waals surface area contributed by atoms with Gasteiger partial charge in [-0.1, -0.05) is 29.8 Å². The van der Waals surface area contributed by atoms with Gasteiger partial charge in [0.25, 0.3) is 5.69 Å². The number of nitro groups is 1. The molecule has 1 amide bonds. The molecule has 142 valence electrons. The number of aromatic nitrogens is 1. The van der Waals surface area contributed by atoms with Gasteiger partial charge in [-0.25, -0.2) is 4.98 Å². The zero-order chi connectivity index (χ0) is 19.4. The number of nitrogens with zero attached hydrogens (tertiary/aromatic N) is 4. The number of piperazine rings is 1. The predicted octanol–water partition coefficient (Wildman–Crippen LogP) is 2.89. The van der Waals surface area contributed by atoms with Gasteiger partial charge in [0, 0.05) is 38.7 Å². The van der Waals surface area contributed by atoms with Crippen LogP contribution >= 0.6 is 0 Å². The average Bonchev–Trinajstić information content (AvgIpc) is 2.67. The summed E-state index contributed by atoms with van der Waals surface area (Å²) in [5.74, 6) is 0.927. The Bertz CT molecular complexity index is 828. The van der Waals surface area contributed by atoms with Gasteiger partial charge in [-0.3, -0.25) is 14.9 Å². The maximum atomic E-state index is 12.5. The maximum absolute atomic E-state index is 12.5. The molecule has 0 aliphatic carbocycles. The van der Waals surface area contributed by atoms with Gasteiger partial charge < -0.3 is 9.80 Å². The largest absolute Gasteiger partial charge is 0.353 e. The molecule has 1 aliphatic heterocycles. The van der Waals surface area contributed by atoms with Crippen LogP contribution in [0.4, 0.5) is 11.5 Å². The molecule has 2 aromatic rings. The quantitative estimate of drug-likeness (QED) is 0.599. The molecule has 7 heteroatoms. The molecule has 1 aromatic carbocycles. The fraction of sp³-hybridized carbons (Fsp3) is 0.400. The minimum absolute atomic E-state index is 0.00108. The summed E-state index contributed by atoms with van der Waals surface area (Å²) in [5, 5.41) is 10.8. The number of aryl methyl sites for hydroxylation is 3. The van der Waals surface area contributed by atoms with Gasteiger partial charge in [0.05, 0.1) is 4.92 Å². The van der Waals surface area contributed by atoms with Gasteiger partial charge in [0.15, 0.2) is 0 Å². The Morgan fingerprint density at radius 3 is 2.41 bits per heavy atom. The fourth-order valence-electron chi connectivity index (χ4n) is 3.32. The van der Waals surface area contributed by atoms with Crippen molar-refractivity contribution >= 4 is 17.4 Å². The summed E-state index contributed by atoms with van der Waals surface area (Å²) >= 11 is 0. The first kappa shape index (κ1) is 18.8. The molecule has 3 rings (SSSR count). The van der Waals surface area contributed by atoms with Gasteiger partial charge in [-0.15, -0.1) is 0 Å². The minimum Gasteiger partial charge on any atom is -0.353 e. The van der Waals surface area contributed by atoms with E-state index >= 15 is 0 Å². The molecular formula is C20H24N4O3. The van der Waals surface area contributed by atoms with E-state index in [-0.39, 0.29) is 11.6 Å². The van der Waals surface area contributed by atoms with Crippen LogP contribution in [0.25, 0.3) is 0 Å². The number of carbonyl (C=O) groups is 1. The van der Waals surface area contributed by atoms with Crippen molar-refractivity contribution in [3.8, 4) is 0 Å². The molecule has 0 N–H and O–H groups in total. The molecule has 0 saturated carbocycles. The van der Waals surface area contributed by atoms with Crippen molar-refractivity contribution in [1.82, 2.24) is 9.88 Å². The second kappa shape index (κ2) is 8.16. The van der Waals surface area contributed by atoms with Gasteiger partial charge >= 0.3 is 0 Å². The second-order valence-electron chi connectivity index (χ2n) is 6.94. The smallest absolute Gasteiger partial charge is 0.287 e. The standard InChI is InChI=1S/C20H24N4O3/c1-15-3-5-17(6-4-15)7-8-19(25)22-9-11-23(12-10-22)20-16(2)13-18(14-21-20)24(26)27/h3-6,13-14H,7-12H2,1-2H3. The fourth-order valence-corrected chi connectivity index (χ4v) is 3.32. The number of anilines is 1. The minimum atomic E-state index is -0.436. The summed E-state index contributed by atoms with van der Waals surface area (Å²) in [6.45, 7) is 6.53. The SMILES string of the molecule is Cc1ccc(CCC(=O)N2CCN(c3ncc([N+](=O)[O-])cc3C)CC2)cc1. The van der Waals surface area contributed by atoms with Crippen LogP contribution < -0.4 is 4.90 Å². The van der Waals surface area contributed by atoms with Crippen molar-refractivity contribution in [2.24, 2.45) is 0 Å². The van der Waals surface area contributed by atoms with Gasteiger partial charge in [-0.2, -0.15) is 0 Å². The molecule has 7 nitrogen and oxygen atoms in total. The molecule has 27 heavy (non-hydrogen) atoms. The number of carbonyl (C=O) groups excluding carboxylic acids is 1. The first-order chi connectivity index (χ1) is 12.9. The topological polar surface area (TPSA) is 79.6 Å². The molecule has 1 aliphatic rings. The molecule has 2 heterocycles. The van der Waals surface area contributed by atoms with Crippen LogP contribution in [0, 0.1) is 24.0 Å². The van der Waals surface area contributed by atoms with Crippen molar-refractivity contribution in [3.63, 3.8) is 0 Å². The summed E-state index contributed by atoms with van der Waals surface area (Å²) in [7, 11) is 0. The molecule has 0 atom stereocenters. The lowest BCUT2D eigenvalue weighted by Gasteiger charge is -2.36. The third-order valence-electron chi connectivity index (χ3n) is 4.93. The third-order valence-corrected chi connectivity index (χ3v) is 4.93. The summed E-state index contributed by atoms with van der Waals surface area (Å²) in [6.07, 6.45) is 2.56. The Hall–Kier alpha value is -2.96. The Morgan fingerprint density at radius 2 is 1.81 bits per heavy atom. The molecule has 0 bridgehead atoms. The summed E-state index contributed by atoms with van der Waals surface area (Å²) in [4.78, 5) is 31.1. The van der Waals surface area contributed by atoms with Crippen molar-refractivity contribution in [2.75, 3.05) is 31.1 Å². The number of pyridine rings is 1. The summed E-state index contributed by atoms with van der Waals surface area (Å²) < 4.78 is 0. The summed E-state index contributed by atoms with van der Waals surface area (Å²) in [5.41, 5.74) is 3.18. The highest BCUT2D eigenvalue weighted by molar-refractivity contribution is 5.76. The molecular weight excluding hydrogens is 344 g/mol. The van der Waals surface area contributed by atoms with E-state index in [1.165, 1.54) is 17.3 Å². The Kier molecular flexibility index (Phi) is 5.69. The number of amides is 1. The van der Waals surface area contributed by atoms with E-state index < -0.39 is 4.92 Å². The van der Waals surface area contributed by atoms with E-state index in [0.717, 1.165) is 17.8 Å². The predicted molar refractivity (Wildman–Crippen MR) is 104 cm³/mol. The molecule has 0 radical (unpaired) electrons. The van der Waals surface area contributed by atoms with E-state index in [1.54, 1.807) is 6.07 Å². The normalized spacial score (nSPS) is 14.3. The van der Waals surface area contributed by atoms with Crippen LogP contribution in [0.5, 0.6) is 0 Å². The van der Waals surface area contributed by atoms with Crippen LogP contribution in [-0.4, -0.2) is 46.9 Å². The number of benzene rings is 1. The van der Waals surface area contributed by atoms with Crippen molar-refractivity contribution in [1.29, 1.82) is 0 Å². The zero-order valence-electron chi connectivity index (χ0n) is 15.7. The van der Waals surface area contributed by atoms with Crippen LogP contribution in [0.2, 0.25) is 0 Å². The van der Waals surface area contributed by atoms with Gasteiger partial charge in [0.2, 0.25) is 5.91 Å². The Morgan fingerprint density at radius 1 is 1.15 bits per heavy atom. The van der Waals surface area contributed by atoms with Crippen LogP contribution in [0.3, 0.4) is 0 Å². The van der Waals surface area contributed by atoms with Crippen molar-refractivity contribution < 1.29 is 9.72 Å². The van der Waals surface area contributed by atoms with Crippen LogP contribution in [-0.2, 0) is 11.2 Å². The molecule has 1 saturated heterocycles. The second-order valence-corrected chi connectivity index (χ2v) is 6.94. The maximum Gasteiger partial charge on any atom is 0.287 e. The number of rotatable bonds is 5. The molecule has 1 aromatic heterocycles. The van der Waals surface area contributed by atoms with Crippen LogP contribution in [0.15, 0.2) is 36.5 Å². The monoisotopic (exact) mass is 368 g/mol. The van der Waals surface area contributed by atoms with E-state index in [1.807, 2.05) is 11.8 Å². The first-order valence-electron chi connectivity index (χ1n) is 9.13. The van der Waals surface area contributed by atoms with E-state index in [4.69, 9.17) is 0 Å². The van der Waals surface area contributed by atoms with E-state index in [2.05, 4.69) is 41.1 Å². The highest BCUT2D eigenvalue weighted by Gasteiger charge is 2.23. The van der Waals surface area contributed by atoms with Crippen molar-refractivity contribution in [3.05, 3.63) is 63.3 Å². The molecule has 0 unspecified atom stereocenters. The molecule has 1 fully saturated rings. The third kappa shape index (κ3) is 4.61. The number of hydrogen-bond donors (Lipinski definition) is 0. The number of hydrogen-bond acceptors (Lipinski definition) is 5. The highest BCUT2D eigenvalue weighted by atomic mass is 16.6. The van der Waals surface area contributed by atoms with Crippen molar-refractivity contribution in [2.45, 2.75) is 26.7 Å². The Labute approximate surface area is 158 Å². The average molecular weight is 368 g/mol. The van der Waals surface area contributed by atoms with E-state index in [0.29, 0.717) is 32.6 Å². The molecule has 0 spiro atoms.